The molecule has 4 nitrogen and oxygen atoms in total. The van der Waals surface area contributed by atoms with E-state index in [4.69, 9.17) is 8.83 Å². The first-order valence-electron chi connectivity index (χ1n) is 22.6. The van der Waals surface area contributed by atoms with Crippen molar-refractivity contribution in [2.24, 2.45) is 0 Å². The number of para-hydroxylation sites is 4. The number of fused-ring (bicyclic) bond motifs is 6. The normalized spacial score (nSPS) is 12.2. The van der Waals surface area contributed by atoms with Gasteiger partial charge in [-0.1, -0.05) is 149 Å². The van der Waals surface area contributed by atoms with E-state index in [1.165, 1.54) is 54.6 Å². The van der Waals surface area contributed by atoms with Crippen LogP contribution in [0, 0.1) is 13.8 Å². The molecule has 0 N–H and O–H groups in total. The summed E-state index contributed by atoms with van der Waals surface area (Å²) in [5.41, 5.74) is 14.9. The average molecular weight is 829 g/mol. The Balaban J connectivity index is 1.13. The molecule has 310 valence electrons. The van der Waals surface area contributed by atoms with E-state index in [0.29, 0.717) is 11.8 Å². The highest BCUT2D eigenvalue weighted by atomic mass is 16.3. The van der Waals surface area contributed by atoms with E-state index in [1.54, 1.807) is 0 Å². The van der Waals surface area contributed by atoms with Crippen LogP contribution in [-0.2, 0) is 0 Å². The molecule has 10 aromatic carbocycles. The second-order valence-corrected chi connectivity index (χ2v) is 18.2. The molecule has 4 heteroatoms. The van der Waals surface area contributed by atoms with E-state index in [2.05, 4.69) is 221 Å². The maximum atomic E-state index is 7.00. The molecular weight excluding hydrogens is 781 g/mol. The van der Waals surface area contributed by atoms with Crippen LogP contribution in [0.3, 0.4) is 0 Å². The van der Waals surface area contributed by atoms with Crippen molar-refractivity contribution in [1.29, 1.82) is 0 Å². The molecule has 0 fully saturated rings. The third-order valence-corrected chi connectivity index (χ3v) is 13.4. The molecule has 64 heavy (non-hydrogen) atoms. The molecule has 0 atom stereocenters. The van der Waals surface area contributed by atoms with E-state index in [1.807, 2.05) is 0 Å². The van der Waals surface area contributed by atoms with Gasteiger partial charge in [0.1, 0.15) is 11.2 Å². The minimum atomic E-state index is 0.328. The molecule has 0 saturated carbocycles. The topological polar surface area (TPSA) is 32.8 Å². The Bertz CT molecular complexity index is 3540. The lowest BCUT2D eigenvalue weighted by molar-refractivity contribution is 0.657. The minimum absolute atomic E-state index is 0.328. The van der Waals surface area contributed by atoms with Crippen LogP contribution in [0.5, 0.6) is 0 Å². The van der Waals surface area contributed by atoms with E-state index >= 15 is 0 Å². The highest BCUT2D eigenvalue weighted by Crippen LogP contribution is 2.51. The summed E-state index contributed by atoms with van der Waals surface area (Å²) < 4.78 is 14.0. The first kappa shape index (κ1) is 38.1. The van der Waals surface area contributed by atoms with Gasteiger partial charge in [0, 0.05) is 43.7 Å². The summed E-state index contributed by atoms with van der Waals surface area (Å²) in [5, 5.41) is 11.7. The van der Waals surface area contributed by atoms with E-state index in [9.17, 15) is 0 Å². The molecule has 2 aromatic heterocycles. The van der Waals surface area contributed by atoms with Crippen molar-refractivity contribution in [1.82, 2.24) is 0 Å². The lowest BCUT2D eigenvalue weighted by Gasteiger charge is -2.29. The first-order chi connectivity index (χ1) is 31.2. The number of benzene rings is 10. The number of hydrogen-bond donors (Lipinski definition) is 0. The van der Waals surface area contributed by atoms with Gasteiger partial charge in [0.15, 0.2) is 11.2 Å². The van der Waals surface area contributed by atoms with Gasteiger partial charge in [-0.2, -0.15) is 0 Å². The molecule has 0 radical (unpaired) electrons. The smallest absolute Gasteiger partial charge is 0.159 e. The molecule has 12 rings (SSSR count). The summed E-state index contributed by atoms with van der Waals surface area (Å²) in [4.78, 5) is 4.82. The van der Waals surface area contributed by atoms with Gasteiger partial charge in [-0.3, -0.25) is 0 Å². The minimum Gasteiger partial charge on any atom is -0.454 e. The number of anilines is 6. The highest BCUT2D eigenvalue weighted by Gasteiger charge is 2.26. The number of aryl methyl sites for hydroxylation is 2. The molecule has 0 aliphatic heterocycles. The van der Waals surface area contributed by atoms with Crippen molar-refractivity contribution in [3.63, 3.8) is 0 Å². The summed E-state index contributed by atoms with van der Waals surface area (Å²) in [5.74, 6) is 0.656. The Hall–Kier alpha value is -7.56. The lowest BCUT2D eigenvalue weighted by atomic mass is 9.91. The molecule has 0 spiro atoms. The van der Waals surface area contributed by atoms with Gasteiger partial charge < -0.3 is 18.6 Å². The summed E-state index contributed by atoms with van der Waals surface area (Å²) >= 11 is 0. The van der Waals surface area contributed by atoms with E-state index in [0.717, 1.165) is 78.0 Å². The van der Waals surface area contributed by atoms with Crippen molar-refractivity contribution in [3.05, 3.63) is 192 Å². The van der Waals surface area contributed by atoms with Crippen LogP contribution < -0.4 is 9.80 Å². The largest absolute Gasteiger partial charge is 0.454 e. The predicted octanol–water partition coefficient (Wildman–Crippen LogP) is 18.2. The van der Waals surface area contributed by atoms with E-state index < -0.39 is 0 Å². The van der Waals surface area contributed by atoms with Crippen LogP contribution in [0.25, 0.3) is 76.2 Å². The average Bonchev–Trinajstić information content (AvgIpc) is 3.89. The van der Waals surface area contributed by atoms with Crippen molar-refractivity contribution >= 4 is 110 Å². The van der Waals surface area contributed by atoms with Gasteiger partial charge >= 0.3 is 0 Å². The van der Waals surface area contributed by atoms with Crippen LogP contribution in [0.4, 0.5) is 34.1 Å². The summed E-state index contributed by atoms with van der Waals surface area (Å²) in [6.07, 6.45) is 0. The number of nitrogens with zero attached hydrogens (tertiary/aromatic N) is 2. The number of rotatable bonds is 8. The fourth-order valence-electron chi connectivity index (χ4n) is 10.4. The van der Waals surface area contributed by atoms with E-state index in [-0.39, 0.29) is 0 Å². The zero-order valence-corrected chi connectivity index (χ0v) is 37.0. The van der Waals surface area contributed by atoms with Crippen molar-refractivity contribution in [2.75, 3.05) is 9.80 Å². The second-order valence-electron chi connectivity index (χ2n) is 18.2. The summed E-state index contributed by atoms with van der Waals surface area (Å²) in [6, 6.07) is 62.3. The zero-order chi connectivity index (χ0) is 43.4. The van der Waals surface area contributed by atoms with Gasteiger partial charge in [-0.05, 0) is 118 Å². The van der Waals surface area contributed by atoms with Gasteiger partial charge in [0.25, 0.3) is 0 Å². The van der Waals surface area contributed by atoms with Gasteiger partial charge in [0.05, 0.1) is 22.7 Å². The van der Waals surface area contributed by atoms with Crippen LogP contribution in [0.1, 0.15) is 61.8 Å². The fraction of sp³-hybridized carbons (Fsp3) is 0.133. The third kappa shape index (κ3) is 5.75. The second kappa shape index (κ2) is 14.5. The quantitative estimate of drug-likeness (QED) is 0.143. The molecular formula is C60H48N2O2. The Morgan fingerprint density at radius 3 is 1.12 bits per heavy atom. The third-order valence-electron chi connectivity index (χ3n) is 13.4. The highest BCUT2D eigenvalue weighted by molar-refractivity contribution is 6.28. The monoisotopic (exact) mass is 828 g/mol. The molecule has 12 aromatic rings. The van der Waals surface area contributed by atoms with Crippen LogP contribution in [0.2, 0.25) is 0 Å². The molecule has 0 bridgehead atoms. The standard InChI is InChI=1S/C60H48N2O2/c1-35(2)43-17-9-19-45-47-21-11-23-53(59(47)63-57(43)45)61(41-15-7-13-37(5)33-41)51-31-27-39-26-30-50-52(32-28-40-25-29-49(51)55(39)56(40)50)62(42-16-8-14-38(6)34-42)54-24-12-22-48-46-20-10-18-44(36(3)4)58(46)64-60(48)54/h7-36H,1-6H3. The van der Waals surface area contributed by atoms with Gasteiger partial charge in [-0.25, -0.2) is 0 Å². The van der Waals surface area contributed by atoms with Crippen molar-refractivity contribution in [3.8, 4) is 0 Å². The van der Waals surface area contributed by atoms with Crippen molar-refractivity contribution < 1.29 is 8.83 Å². The summed E-state index contributed by atoms with van der Waals surface area (Å²) in [6.45, 7) is 13.3. The number of furan rings is 2. The Morgan fingerprint density at radius 2 is 0.719 bits per heavy atom. The zero-order valence-electron chi connectivity index (χ0n) is 37.0. The maximum Gasteiger partial charge on any atom is 0.159 e. The number of hydrogen-bond acceptors (Lipinski definition) is 4. The Morgan fingerprint density at radius 1 is 0.344 bits per heavy atom. The molecule has 0 saturated heterocycles. The molecule has 0 amide bonds. The van der Waals surface area contributed by atoms with Crippen molar-refractivity contribution in [2.45, 2.75) is 53.4 Å². The predicted molar refractivity (Wildman–Crippen MR) is 272 cm³/mol. The Labute approximate surface area is 372 Å². The maximum absolute atomic E-state index is 7.00. The van der Waals surface area contributed by atoms with Crippen LogP contribution >= 0.6 is 0 Å². The molecule has 0 unspecified atom stereocenters. The fourth-order valence-corrected chi connectivity index (χ4v) is 10.4. The summed E-state index contributed by atoms with van der Waals surface area (Å²) in [7, 11) is 0. The SMILES string of the molecule is Cc1cccc(N(c2ccc3ccc4c(N(c5cccc(C)c5)c5cccc6c5oc5c(C(C)C)cccc56)ccc5ccc2c3c54)c2cccc3c2oc2c(C(C)C)cccc23)c1. The van der Waals surface area contributed by atoms with Crippen LogP contribution in [0.15, 0.2) is 179 Å². The Kier molecular flexibility index (Phi) is 8.64. The first-order valence-corrected chi connectivity index (χ1v) is 22.6. The molecule has 2 heterocycles. The molecule has 0 aliphatic carbocycles. The lowest BCUT2D eigenvalue weighted by Crippen LogP contribution is -2.12. The van der Waals surface area contributed by atoms with Crippen LogP contribution in [-0.4, -0.2) is 0 Å². The van der Waals surface area contributed by atoms with Gasteiger partial charge in [0.2, 0.25) is 0 Å². The van der Waals surface area contributed by atoms with Gasteiger partial charge in [-0.15, -0.1) is 0 Å². The molecule has 0 aliphatic rings.